The number of aromatic amines is 2. The minimum atomic E-state index is -0.190. The van der Waals surface area contributed by atoms with Crippen molar-refractivity contribution < 1.29 is 4.79 Å². The molecule has 90 valence electrons. The van der Waals surface area contributed by atoms with Crippen molar-refractivity contribution in [2.75, 3.05) is 5.73 Å². The SMILES string of the molecule is CCC(NC(=O)c1cc(N)c[nH]1)c1ncc[nH]1. The van der Waals surface area contributed by atoms with Crippen LogP contribution in [0.5, 0.6) is 0 Å². The maximum Gasteiger partial charge on any atom is 0.268 e. The Morgan fingerprint density at radius 2 is 2.41 bits per heavy atom. The maximum atomic E-state index is 11.9. The first kappa shape index (κ1) is 11.3. The predicted molar refractivity (Wildman–Crippen MR) is 64.3 cm³/mol. The van der Waals surface area contributed by atoms with Crippen LogP contribution in [0.3, 0.4) is 0 Å². The number of nitrogens with two attached hydrogens (primary N) is 1. The number of hydrogen-bond acceptors (Lipinski definition) is 3. The van der Waals surface area contributed by atoms with Crippen LogP contribution in [0.4, 0.5) is 5.69 Å². The normalized spacial score (nSPS) is 12.3. The Kier molecular flexibility index (Phi) is 3.13. The Morgan fingerprint density at radius 3 is 2.94 bits per heavy atom. The molecule has 6 nitrogen and oxygen atoms in total. The van der Waals surface area contributed by atoms with Gasteiger partial charge in [-0.05, 0) is 12.5 Å². The monoisotopic (exact) mass is 233 g/mol. The highest BCUT2D eigenvalue weighted by Gasteiger charge is 2.16. The van der Waals surface area contributed by atoms with Gasteiger partial charge >= 0.3 is 0 Å². The fourth-order valence-electron chi connectivity index (χ4n) is 1.61. The minimum absolute atomic E-state index is 0.123. The summed E-state index contributed by atoms with van der Waals surface area (Å²) in [6, 6.07) is 1.48. The van der Waals surface area contributed by atoms with E-state index in [4.69, 9.17) is 5.73 Å². The van der Waals surface area contributed by atoms with E-state index in [0.29, 0.717) is 11.4 Å². The van der Waals surface area contributed by atoms with Crippen molar-refractivity contribution in [1.29, 1.82) is 0 Å². The van der Waals surface area contributed by atoms with Crippen LogP contribution in [0, 0.1) is 0 Å². The Morgan fingerprint density at radius 1 is 1.59 bits per heavy atom. The molecule has 1 amide bonds. The molecule has 2 heterocycles. The van der Waals surface area contributed by atoms with Crippen molar-refractivity contribution in [2.24, 2.45) is 0 Å². The number of rotatable bonds is 4. The Balaban J connectivity index is 2.07. The second-order valence-electron chi connectivity index (χ2n) is 3.76. The second kappa shape index (κ2) is 4.73. The number of nitrogen functional groups attached to an aromatic ring is 1. The summed E-state index contributed by atoms with van der Waals surface area (Å²) in [6.45, 7) is 1.98. The summed E-state index contributed by atoms with van der Waals surface area (Å²) in [6.07, 6.45) is 5.74. The molecule has 0 aliphatic rings. The van der Waals surface area contributed by atoms with Gasteiger partial charge in [0.2, 0.25) is 0 Å². The molecular weight excluding hydrogens is 218 g/mol. The molecule has 1 atom stereocenters. The molecule has 2 aromatic heterocycles. The van der Waals surface area contributed by atoms with E-state index in [-0.39, 0.29) is 11.9 Å². The highest BCUT2D eigenvalue weighted by Crippen LogP contribution is 2.13. The van der Waals surface area contributed by atoms with Crippen LogP contribution < -0.4 is 11.1 Å². The number of carbonyl (C=O) groups excluding carboxylic acids is 1. The van der Waals surface area contributed by atoms with Crippen molar-refractivity contribution in [3.05, 3.63) is 36.2 Å². The summed E-state index contributed by atoms with van der Waals surface area (Å²) >= 11 is 0. The van der Waals surface area contributed by atoms with E-state index in [9.17, 15) is 4.79 Å². The summed E-state index contributed by atoms with van der Waals surface area (Å²) in [5, 5.41) is 2.88. The van der Waals surface area contributed by atoms with E-state index < -0.39 is 0 Å². The number of carbonyl (C=O) groups is 1. The van der Waals surface area contributed by atoms with Gasteiger partial charge in [-0.25, -0.2) is 4.98 Å². The number of nitrogens with zero attached hydrogens (tertiary/aromatic N) is 1. The zero-order valence-corrected chi connectivity index (χ0v) is 9.53. The van der Waals surface area contributed by atoms with Crippen LogP contribution in [0.1, 0.15) is 35.7 Å². The molecule has 2 aromatic rings. The molecule has 0 saturated heterocycles. The minimum Gasteiger partial charge on any atom is -0.397 e. The molecule has 0 aliphatic heterocycles. The predicted octanol–water partition coefficient (Wildman–Crippen LogP) is 1.20. The molecule has 0 aromatic carbocycles. The van der Waals surface area contributed by atoms with Gasteiger partial charge in [-0.3, -0.25) is 4.79 Å². The van der Waals surface area contributed by atoms with Gasteiger partial charge in [-0.1, -0.05) is 6.92 Å². The van der Waals surface area contributed by atoms with Gasteiger partial charge in [0.05, 0.1) is 6.04 Å². The van der Waals surface area contributed by atoms with Gasteiger partial charge < -0.3 is 21.0 Å². The van der Waals surface area contributed by atoms with E-state index >= 15 is 0 Å². The molecule has 6 heteroatoms. The highest BCUT2D eigenvalue weighted by atomic mass is 16.1. The van der Waals surface area contributed by atoms with E-state index in [0.717, 1.165) is 12.2 Å². The lowest BCUT2D eigenvalue weighted by molar-refractivity contribution is 0.0929. The largest absolute Gasteiger partial charge is 0.397 e. The number of hydrogen-bond donors (Lipinski definition) is 4. The summed E-state index contributed by atoms with van der Waals surface area (Å²) in [7, 11) is 0. The van der Waals surface area contributed by atoms with Crippen molar-refractivity contribution in [2.45, 2.75) is 19.4 Å². The van der Waals surface area contributed by atoms with Crippen LogP contribution in [0.15, 0.2) is 24.7 Å². The Labute approximate surface area is 98.6 Å². The number of imidazole rings is 1. The first-order valence-electron chi connectivity index (χ1n) is 5.44. The Bertz CT molecular complexity index is 488. The van der Waals surface area contributed by atoms with Crippen molar-refractivity contribution in [3.8, 4) is 0 Å². The molecule has 0 aliphatic carbocycles. The van der Waals surface area contributed by atoms with Gasteiger partial charge in [-0.15, -0.1) is 0 Å². The fraction of sp³-hybridized carbons (Fsp3) is 0.273. The summed E-state index contributed by atoms with van der Waals surface area (Å²) in [5.41, 5.74) is 6.54. The van der Waals surface area contributed by atoms with Crippen LogP contribution >= 0.6 is 0 Å². The van der Waals surface area contributed by atoms with E-state index in [1.54, 1.807) is 24.7 Å². The summed E-state index contributed by atoms with van der Waals surface area (Å²) in [5.74, 6) is 0.560. The molecule has 0 saturated carbocycles. The lowest BCUT2D eigenvalue weighted by Gasteiger charge is -2.13. The number of anilines is 1. The molecule has 0 spiro atoms. The van der Waals surface area contributed by atoms with Crippen molar-refractivity contribution >= 4 is 11.6 Å². The van der Waals surface area contributed by atoms with Crippen LogP contribution in [-0.2, 0) is 0 Å². The molecular formula is C11H15N5O. The molecule has 5 N–H and O–H groups in total. The van der Waals surface area contributed by atoms with Gasteiger partial charge in [0, 0.05) is 24.3 Å². The topological polar surface area (TPSA) is 99.6 Å². The highest BCUT2D eigenvalue weighted by molar-refractivity contribution is 5.93. The zero-order chi connectivity index (χ0) is 12.3. The first-order chi connectivity index (χ1) is 8.20. The third-order valence-electron chi connectivity index (χ3n) is 2.51. The molecule has 2 rings (SSSR count). The molecule has 0 fully saturated rings. The van der Waals surface area contributed by atoms with Crippen LogP contribution in [-0.4, -0.2) is 20.9 Å². The number of amides is 1. The van der Waals surface area contributed by atoms with E-state index in [1.165, 1.54) is 0 Å². The maximum absolute atomic E-state index is 11.9. The Hall–Kier alpha value is -2.24. The van der Waals surface area contributed by atoms with Gasteiger partial charge in [-0.2, -0.15) is 0 Å². The number of H-pyrrole nitrogens is 2. The first-order valence-corrected chi connectivity index (χ1v) is 5.44. The quantitative estimate of drug-likeness (QED) is 0.638. The van der Waals surface area contributed by atoms with Crippen molar-refractivity contribution in [3.63, 3.8) is 0 Å². The zero-order valence-electron chi connectivity index (χ0n) is 9.53. The second-order valence-corrected chi connectivity index (χ2v) is 3.76. The molecule has 1 unspecified atom stereocenters. The van der Waals surface area contributed by atoms with Gasteiger partial charge in [0.1, 0.15) is 11.5 Å². The fourth-order valence-corrected chi connectivity index (χ4v) is 1.61. The molecule has 0 radical (unpaired) electrons. The van der Waals surface area contributed by atoms with E-state index in [1.807, 2.05) is 6.92 Å². The summed E-state index contributed by atoms with van der Waals surface area (Å²) < 4.78 is 0. The van der Waals surface area contributed by atoms with Gasteiger partial charge in [0.15, 0.2) is 0 Å². The number of nitrogens with one attached hydrogen (secondary N) is 3. The van der Waals surface area contributed by atoms with Crippen LogP contribution in [0.2, 0.25) is 0 Å². The van der Waals surface area contributed by atoms with Crippen molar-refractivity contribution in [1.82, 2.24) is 20.3 Å². The third-order valence-corrected chi connectivity index (χ3v) is 2.51. The smallest absolute Gasteiger partial charge is 0.268 e. The number of aromatic nitrogens is 3. The lowest BCUT2D eigenvalue weighted by atomic mass is 10.2. The van der Waals surface area contributed by atoms with Crippen LogP contribution in [0.25, 0.3) is 0 Å². The standard InChI is InChI=1S/C11H15N5O/c1-2-8(10-13-3-4-14-10)16-11(17)9-5-7(12)6-15-9/h3-6,8,15H,2,12H2,1H3,(H,13,14)(H,16,17). The molecule has 17 heavy (non-hydrogen) atoms. The van der Waals surface area contributed by atoms with E-state index in [2.05, 4.69) is 20.3 Å². The molecule has 0 bridgehead atoms. The lowest BCUT2D eigenvalue weighted by Crippen LogP contribution is -2.29. The van der Waals surface area contributed by atoms with Gasteiger partial charge in [0.25, 0.3) is 5.91 Å². The summed E-state index contributed by atoms with van der Waals surface area (Å²) in [4.78, 5) is 21.8. The average Bonchev–Trinajstić information content (AvgIpc) is 2.96. The average molecular weight is 233 g/mol. The third kappa shape index (κ3) is 2.47.